The lowest BCUT2D eigenvalue weighted by Gasteiger charge is -2.12. The van der Waals surface area contributed by atoms with Gasteiger partial charge in [-0.25, -0.2) is 9.36 Å². The van der Waals surface area contributed by atoms with Crippen molar-refractivity contribution in [1.29, 1.82) is 0 Å². The molecular formula is C36H26N4. The van der Waals surface area contributed by atoms with Crippen LogP contribution in [0.2, 0.25) is 0 Å². The number of benzene rings is 5. The first-order valence-electron chi connectivity index (χ1n) is 13.4. The molecule has 0 amide bonds. The van der Waals surface area contributed by atoms with Gasteiger partial charge in [-0.05, 0) is 30.3 Å². The Morgan fingerprint density at radius 3 is 1.05 bits per heavy atom. The SMILES string of the molecule is c1ccc(-c2cc(-c3ccccc3)n(-c3cccc(-n4nc(-c5ccccc5)cc4-c4ccccc4)c3)n2)cc1. The Labute approximate surface area is 233 Å². The predicted octanol–water partition coefficient (Wildman–Crippen LogP) is 8.73. The molecule has 0 unspecified atom stereocenters. The zero-order valence-corrected chi connectivity index (χ0v) is 21.8. The summed E-state index contributed by atoms with van der Waals surface area (Å²) in [5.74, 6) is 0. The van der Waals surface area contributed by atoms with Crippen molar-refractivity contribution >= 4 is 0 Å². The van der Waals surface area contributed by atoms with Crippen LogP contribution in [0.15, 0.2) is 158 Å². The summed E-state index contributed by atoms with van der Waals surface area (Å²) in [6.07, 6.45) is 0. The first kappa shape index (κ1) is 23.6. The lowest BCUT2D eigenvalue weighted by Crippen LogP contribution is -2.03. The summed E-state index contributed by atoms with van der Waals surface area (Å²) in [5.41, 5.74) is 10.2. The van der Waals surface area contributed by atoms with Crippen LogP contribution in [0.4, 0.5) is 0 Å². The fourth-order valence-corrected chi connectivity index (χ4v) is 5.04. The molecule has 7 aromatic rings. The summed E-state index contributed by atoms with van der Waals surface area (Å²) in [4.78, 5) is 0. The molecule has 0 fully saturated rings. The van der Waals surface area contributed by atoms with Crippen LogP contribution in [0.1, 0.15) is 0 Å². The molecule has 0 aliphatic carbocycles. The molecule has 2 heterocycles. The topological polar surface area (TPSA) is 35.6 Å². The largest absolute Gasteiger partial charge is 0.232 e. The van der Waals surface area contributed by atoms with Gasteiger partial charge in [-0.2, -0.15) is 10.2 Å². The van der Waals surface area contributed by atoms with Crippen LogP contribution in [-0.2, 0) is 0 Å². The van der Waals surface area contributed by atoms with Gasteiger partial charge in [-0.1, -0.05) is 127 Å². The van der Waals surface area contributed by atoms with E-state index in [1.54, 1.807) is 0 Å². The minimum atomic E-state index is 0.931. The second kappa shape index (κ2) is 10.4. The van der Waals surface area contributed by atoms with Crippen molar-refractivity contribution in [2.24, 2.45) is 0 Å². The van der Waals surface area contributed by atoms with E-state index in [1.807, 2.05) is 57.9 Å². The molecule has 40 heavy (non-hydrogen) atoms. The van der Waals surface area contributed by atoms with Gasteiger partial charge in [-0.3, -0.25) is 0 Å². The van der Waals surface area contributed by atoms with Crippen molar-refractivity contribution in [2.75, 3.05) is 0 Å². The summed E-state index contributed by atoms with van der Waals surface area (Å²) in [6, 6.07) is 54.2. The molecule has 0 bridgehead atoms. The van der Waals surface area contributed by atoms with Crippen LogP contribution < -0.4 is 0 Å². The van der Waals surface area contributed by atoms with E-state index in [0.717, 1.165) is 56.4 Å². The third kappa shape index (κ3) is 4.52. The summed E-state index contributed by atoms with van der Waals surface area (Å²) in [7, 11) is 0. The number of hydrogen-bond acceptors (Lipinski definition) is 2. The molecule has 0 spiro atoms. The molecule has 0 saturated carbocycles. The van der Waals surface area contributed by atoms with Crippen molar-refractivity contribution in [3.05, 3.63) is 158 Å². The third-order valence-electron chi connectivity index (χ3n) is 7.02. The van der Waals surface area contributed by atoms with Crippen molar-refractivity contribution in [1.82, 2.24) is 19.6 Å². The second-order valence-corrected chi connectivity index (χ2v) is 9.64. The number of hydrogen-bond donors (Lipinski definition) is 0. The zero-order valence-electron chi connectivity index (χ0n) is 21.8. The van der Waals surface area contributed by atoms with E-state index in [2.05, 4.69) is 109 Å². The number of nitrogens with zero attached hydrogens (tertiary/aromatic N) is 4. The van der Waals surface area contributed by atoms with E-state index in [4.69, 9.17) is 10.2 Å². The predicted molar refractivity (Wildman–Crippen MR) is 162 cm³/mol. The molecule has 0 saturated heterocycles. The van der Waals surface area contributed by atoms with Gasteiger partial charge in [0.2, 0.25) is 0 Å². The highest BCUT2D eigenvalue weighted by atomic mass is 15.3. The van der Waals surface area contributed by atoms with E-state index in [-0.39, 0.29) is 0 Å². The molecule has 2 aromatic heterocycles. The lowest BCUT2D eigenvalue weighted by molar-refractivity contribution is 0.867. The van der Waals surface area contributed by atoms with E-state index >= 15 is 0 Å². The van der Waals surface area contributed by atoms with Crippen molar-refractivity contribution in [3.63, 3.8) is 0 Å². The summed E-state index contributed by atoms with van der Waals surface area (Å²) >= 11 is 0. The molecule has 5 aromatic carbocycles. The maximum Gasteiger partial charge on any atom is 0.0934 e. The van der Waals surface area contributed by atoms with E-state index in [1.165, 1.54) is 0 Å². The molecule has 190 valence electrons. The van der Waals surface area contributed by atoms with Gasteiger partial charge in [0.05, 0.1) is 34.2 Å². The highest BCUT2D eigenvalue weighted by molar-refractivity contribution is 5.72. The van der Waals surface area contributed by atoms with Gasteiger partial charge in [0, 0.05) is 22.3 Å². The van der Waals surface area contributed by atoms with Gasteiger partial charge in [0.25, 0.3) is 0 Å². The molecule has 4 nitrogen and oxygen atoms in total. The highest BCUT2D eigenvalue weighted by Crippen LogP contribution is 2.32. The van der Waals surface area contributed by atoms with Crippen molar-refractivity contribution in [2.45, 2.75) is 0 Å². The lowest BCUT2D eigenvalue weighted by atomic mass is 10.1. The highest BCUT2D eigenvalue weighted by Gasteiger charge is 2.16. The Morgan fingerprint density at radius 2 is 0.675 bits per heavy atom. The third-order valence-corrected chi connectivity index (χ3v) is 7.02. The molecular weight excluding hydrogens is 488 g/mol. The molecule has 0 atom stereocenters. The van der Waals surface area contributed by atoms with Gasteiger partial charge in [0.1, 0.15) is 0 Å². The first-order valence-corrected chi connectivity index (χ1v) is 13.4. The molecule has 7 rings (SSSR count). The Kier molecular flexibility index (Phi) is 6.11. The minimum absolute atomic E-state index is 0.931. The summed E-state index contributed by atoms with van der Waals surface area (Å²) < 4.78 is 4.07. The Hall–Kier alpha value is -5.48. The Bertz CT molecular complexity index is 1730. The number of aromatic nitrogens is 4. The monoisotopic (exact) mass is 514 g/mol. The van der Waals surface area contributed by atoms with Crippen LogP contribution in [0.25, 0.3) is 56.4 Å². The maximum absolute atomic E-state index is 5.08. The first-order chi connectivity index (χ1) is 19.8. The summed E-state index contributed by atoms with van der Waals surface area (Å²) in [6.45, 7) is 0. The van der Waals surface area contributed by atoms with Crippen LogP contribution >= 0.6 is 0 Å². The van der Waals surface area contributed by atoms with E-state index in [9.17, 15) is 0 Å². The van der Waals surface area contributed by atoms with Gasteiger partial charge in [-0.15, -0.1) is 0 Å². The minimum Gasteiger partial charge on any atom is -0.232 e. The van der Waals surface area contributed by atoms with Crippen LogP contribution in [0, 0.1) is 0 Å². The molecule has 0 aliphatic heterocycles. The average molecular weight is 515 g/mol. The Morgan fingerprint density at radius 1 is 0.325 bits per heavy atom. The number of rotatable bonds is 6. The van der Waals surface area contributed by atoms with Crippen molar-refractivity contribution in [3.8, 4) is 56.4 Å². The molecule has 0 radical (unpaired) electrons. The van der Waals surface area contributed by atoms with E-state index in [0.29, 0.717) is 0 Å². The Balaban J connectivity index is 1.39. The normalized spacial score (nSPS) is 11.0. The second-order valence-electron chi connectivity index (χ2n) is 9.64. The van der Waals surface area contributed by atoms with Crippen LogP contribution in [-0.4, -0.2) is 19.6 Å². The fourth-order valence-electron chi connectivity index (χ4n) is 5.04. The van der Waals surface area contributed by atoms with Crippen LogP contribution in [0.3, 0.4) is 0 Å². The average Bonchev–Trinajstić information content (AvgIpc) is 3.69. The molecule has 0 N–H and O–H groups in total. The van der Waals surface area contributed by atoms with Gasteiger partial charge < -0.3 is 0 Å². The zero-order chi connectivity index (χ0) is 26.7. The van der Waals surface area contributed by atoms with Crippen LogP contribution in [0.5, 0.6) is 0 Å². The van der Waals surface area contributed by atoms with Crippen molar-refractivity contribution < 1.29 is 0 Å². The fraction of sp³-hybridized carbons (Fsp3) is 0. The maximum atomic E-state index is 5.08. The smallest absolute Gasteiger partial charge is 0.0934 e. The van der Waals surface area contributed by atoms with E-state index < -0.39 is 0 Å². The summed E-state index contributed by atoms with van der Waals surface area (Å²) in [5, 5.41) is 10.2. The molecule has 0 aliphatic rings. The standard InChI is InChI=1S/C36H26N4/c1-5-14-27(15-6-1)33-25-35(29-18-9-3-10-19-29)39(37-33)31-22-13-23-32(24-31)40-36(30-20-11-4-12-21-30)26-34(38-40)28-16-7-2-8-17-28/h1-26H. The quantitative estimate of drug-likeness (QED) is 0.222. The van der Waals surface area contributed by atoms with Gasteiger partial charge in [0.15, 0.2) is 0 Å². The molecule has 4 heteroatoms. The van der Waals surface area contributed by atoms with Gasteiger partial charge >= 0.3 is 0 Å².